The van der Waals surface area contributed by atoms with E-state index in [4.69, 9.17) is 11.6 Å². The van der Waals surface area contributed by atoms with Crippen LogP contribution >= 0.6 is 27.5 Å². The Labute approximate surface area is 95.2 Å². The predicted octanol–water partition coefficient (Wildman–Crippen LogP) is 1.96. The molecule has 1 heterocycles. The summed E-state index contributed by atoms with van der Waals surface area (Å²) in [6.07, 6.45) is 2.22. The molecule has 1 aromatic heterocycles. The topological polar surface area (TPSA) is 57.8 Å². The van der Waals surface area contributed by atoms with Gasteiger partial charge in [0.05, 0.1) is 11.7 Å². The van der Waals surface area contributed by atoms with Crippen molar-refractivity contribution in [2.45, 2.75) is 18.7 Å². The van der Waals surface area contributed by atoms with Gasteiger partial charge in [-0.2, -0.15) is 0 Å². The van der Waals surface area contributed by atoms with Gasteiger partial charge in [0.15, 0.2) is 0 Å². The smallest absolute Gasteiger partial charge is 0.267 e. The Morgan fingerprint density at radius 1 is 1.79 bits per heavy atom. The lowest BCUT2D eigenvalue weighted by molar-refractivity contribution is 0.838. The van der Waals surface area contributed by atoms with Crippen molar-refractivity contribution in [2.24, 2.45) is 0 Å². The Kier molecular flexibility index (Phi) is 4.41. The second kappa shape index (κ2) is 5.36. The molecule has 0 aromatic carbocycles. The highest BCUT2D eigenvalue weighted by Gasteiger charge is 2.06. The minimum atomic E-state index is -0.204. The van der Waals surface area contributed by atoms with Crippen molar-refractivity contribution >= 4 is 33.3 Å². The Hall–Kier alpha value is -0.550. The highest BCUT2D eigenvalue weighted by molar-refractivity contribution is 9.10. The third-order valence-corrected chi connectivity index (χ3v) is 2.93. The van der Waals surface area contributed by atoms with Crippen LogP contribution in [0.15, 0.2) is 15.6 Å². The molecule has 2 N–H and O–H groups in total. The van der Waals surface area contributed by atoms with Gasteiger partial charge in [0.25, 0.3) is 5.56 Å². The summed E-state index contributed by atoms with van der Waals surface area (Å²) in [7, 11) is 0. The molecule has 0 bridgehead atoms. The van der Waals surface area contributed by atoms with Crippen molar-refractivity contribution in [3.05, 3.63) is 21.2 Å². The van der Waals surface area contributed by atoms with Crippen molar-refractivity contribution in [3.8, 4) is 0 Å². The van der Waals surface area contributed by atoms with Gasteiger partial charge < -0.3 is 10.3 Å². The normalized spacial score (nSPS) is 12.5. The van der Waals surface area contributed by atoms with Crippen LogP contribution in [0.3, 0.4) is 0 Å². The third-order valence-electron chi connectivity index (χ3n) is 1.73. The first kappa shape index (κ1) is 11.5. The van der Waals surface area contributed by atoms with Crippen LogP contribution in [0.2, 0.25) is 0 Å². The fraction of sp³-hybridized carbons (Fsp3) is 0.500. The number of aromatic amines is 1. The summed E-state index contributed by atoms with van der Waals surface area (Å²) in [5.74, 6) is 0.521. The van der Waals surface area contributed by atoms with Crippen molar-refractivity contribution in [2.75, 3.05) is 11.9 Å². The fourth-order valence-electron chi connectivity index (χ4n) is 0.858. The second-order valence-corrected chi connectivity index (χ2v) is 4.19. The molecular weight excluding hydrogens is 269 g/mol. The van der Waals surface area contributed by atoms with Gasteiger partial charge in [-0.1, -0.05) is 6.92 Å². The molecule has 1 rings (SSSR count). The van der Waals surface area contributed by atoms with Crippen molar-refractivity contribution in [3.63, 3.8) is 0 Å². The van der Waals surface area contributed by atoms with E-state index in [1.807, 2.05) is 6.92 Å². The van der Waals surface area contributed by atoms with Crippen LogP contribution < -0.4 is 10.9 Å². The van der Waals surface area contributed by atoms with Crippen LogP contribution in [-0.4, -0.2) is 21.9 Å². The Morgan fingerprint density at radius 3 is 3.14 bits per heavy atom. The molecule has 1 aromatic rings. The monoisotopic (exact) mass is 279 g/mol. The molecule has 4 nitrogen and oxygen atoms in total. The lowest BCUT2D eigenvalue weighted by Crippen LogP contribution is -2.17. The molecule has 0 amide bonds. The van der Waals surface area contributed by atoms with E-state index >= 15 is 0 Å². The van der Waals surface area contributed by atoms with E-state index in [0.29, 0.717) is 16.8 Å². The van der Waals surface area contributed by atoms with Gasteiger partial charge >= 0.3 is 0 Å². The molecule has 6 heteroatoms. The predicted molar refractivity (Wildman–Crippen MR) is 61.0 cm³/mol. The fourth-order valence-corrected chi connectivity index (χ4v) is 1.29. The largest absolute Gasteiger partial charge is 0.367 e. The standard InChI is InChI=1S/C8H11BrClN3O/c1-2-5(10)3-11-7-6(9)8(14)13-4-12-7/h4-5H,2-3H2,1H3,(H2,11,12,13,14). The summed E-state index contributed by atoms with van der Waals surface area (Å²) >= 11 is 9.06. The summed E-state index contributed by atoms with van der Waals surface area (Å²) < 4.78 is 0.403. The van der Waals surface area contributed by atoms with E-state index < -0.39 is 0 Å². The molecule has 0 aliphatic heterocycles. The molecule has 1 atom stereocenters. The highest BCUT2D eigenvalue weighted by Crippen LogP contribution is 2.13. The number of H-pyrrole nitrogens is 1. The maximum absolute atomic E-state index is 11.1. The SMILES string of the molecule is CCC(Cl)CNc1nc[nH]c(=O)c1Br. The summed E-state index contributed by atoms with van der Waals surface area (Å²) in [5, 5.41) is 3.04. The van der Waals surface area contributed by atoms with Gasteiger partial charge in [0.2, 0.25) is 0 Å². The van der Waals surface area contributed by atoms with Crippen LogP contribution in [0.25, 0.3) is 0 Å². The molecule has 1 unspecified atom stereocenters. The number of hydrogen-bond acceptors (Lipinski definition) is 3. The van der Waals surface area contributed by atoms with Crippen LogP contribution in [0.4, 0.5) is 5.82 Å². The van der Waals surface area contributed by atoms with Crippen LogP contribution in [0.5, 0.6) is 0 Å². The number of rotatable bonds is 4. The first-order valence-corrected chi connectivity index (χ1v) is 5.49. The van der Waals surface area contributed by atoms with E-state index in [2.05, 4.69) is 31.2 Å². The highest BCUT2D eigenvalue weighted by atomic mass is 79.9. The summed E-state index contributed by atoms with van der Waals surface area (Å²) in [5.41, 5.74) is -0.204. The first-order chi connectivity index (χ1) is 6.65. The number of hydrogen-bond donors (Lipinski definition) is 2. The summed E-state index contributed by atoms with van der Waals surface area (Å²) in [6, 6.07) is 0. The van der Waals surface area contributed by atoms with Crippen molar-refractivity contribution in [1.29, 1.82) is 0 Å². The first-order valence-electron chi connectivity index (χ1n) is 4.26. The third kappa shape index (κ3) is 2.99. The number of nitrogens with zero attached hydrogens (tertiary/aromatic N) is 1. The molecular formula is C8H11BrClN3O. The molecule has 0 aliphatic carbocycles. The lowest BCUT2D eigenvalue weighted by Gasteiger charge is -2.09. The summed E-state index contributed by atoms with van der Waals surface area (Å²) in [4.78, 5) is 17.6. The van der Waals surface area contributed by atoms with Crippen LogP contribution in [-0.2, 0) is 0 Å². The number of aromatic nitrogens is 2. The zero-order valence-electron chi connectivity index (χ0n) is 7.68. The number of anilines is 1. The molecule has 0 saturated carbocycles. The zero-order valence-corrected chi connectivity index (χ0v) is 10.0. The van der Waals surface area contributed by atoms with E-state index in [9.17, 15) is 4.79 Å². The Balaban J connectivity index is 2.68. The average molecular weight is 281 g/mol. The number of nitrogens with one attached hydrogen (secondary N) is 2. The van der Waals surface area contributed by atoms with Gasteiger partial charge in [-0.05, 0) is 22.4 Å². The molecule has 0 saturated heterocycles. The van der Waals surface area contributed by atoms with Crippen LogP contribution in [0, 0.1) is 0 Å². The molecule has 0 fully saturated rings. The minimum absolute atomic E-state index is 0.0444. The number of alkyl halides is 1. The maximum Gasteiger partial charge on any atom is 0.267 e. The van der Waals surface area contributed by atoms with E-state index in [0.717, 1.165) is 6.42 Å². The van der Waals surface area contributed by atoms with Crippen molar-refractivity contribution < 1.29 is 0 Å². The van der Waals surface area contributed by atoms with Gasteiger partial charge in [-0.25, -0.2) is 4.98 Å². The molecule has 0 spiro atoms. The molecule has 0 aliphatic rings. The van der Waals surface area contributed by atoms with Gasteiger partial charge in [0.1, 0.15) is 10.3 Å². The lowest BCUT2D eigenvalue weighted by atomic mass is 10.3. The van der Waals surface area contributed by atoms with E-state index in [1.165, 1.54) is 6.33 Å². The summed E-state index contributed by atoms with van der Waals surface area (Å²) in [6.45, 7) is 2.59. The molecule has 0 radical (unpaired) electrons. The average Bonchev–Trinajstić information content (AvgIpc) is 2.20. The maximum atomic E-state index is 11.1. The quantitative estimate of drug-likeness (QED) is 0.829. The Morgan fingerprint density at radius 2 is 2.50 bits per heavy atom. The van der Waals surface area contributed by atoms with Gasteiger partial charge in [-0.15, -0.1) is 11.6 Å². The molecule has 78 valence electrons. The van der Waals surface area contributed by atoms with Crippen LogP contribution in [0.1, 0.15) is 13.3 Å². The zero-order chi connectivity index (χ0) is 10.6. The second-order valence-electron chi connectivity index (χ2n) is 2.78. The van der Waals surface area contributed by atoms with Crippen molar-refractivity contribution in [1.82, 2.24) is 9.97 Å². The number of halogens is 2. The van der Waals surface area contributed by atoms with E-state index in [1.54, 1.807) is 0 Å². The van der Waals surface area contributed by atoms with Gasteiger partial charge in [-0.3, -0.25) is 4.79 Å². The van der Waals surface area contributed by atoms with E-state index in [-0.39, 0.29) is 10.9 Å². The molecule has 14 heavy (non-hydrogen) atoms. The minimum Gasteiger partial charge on any atom is -0.367 e. The van der Waals surface area contributed by atoms with Gasteiger partial charge in [0, 0.05) is 6.54 Å². The Bertz CT molecular complexity index is 355.